The first-order valence-electron chi connectivity index (χ1n) is 9.39. The van der Waals surface area contributed by atoms with E-state index in [0.29, 0.717) is 24.9 Å². The summed E-state index contributed by atoms with van der Waals surface area (Å²) in [7, 11) is 0. The van der Waals surface area contributed by atoms with E-state index < -0.39 is 0 Å². The number of carbonyl (C=O) groups excluding carboxylic acids is 2. The standard InChI is InChI=1S/C19H29N3O3/c1-14(2)11-20-19(24)22-8-3-5-16(13-22)18(23)21-9-7-15(12-21)17-6-4-10-25-17/h4,6,10,14-16H,3,5,7-9,11-13H2,1-2H3,(H,20,24)/t15-,16+/m1/s1. The molecule has 25 heavy (non-hydrogen) atoms. The van der Waals surface area contributed by atoms with E-state index in [2.05, 4.69) is 19.2 Å². The number of nitrogens with one attached hydrogen (secondary N) is 1. The van der Waals surface area contributed by atoms with Crippen LogP contribution in [0.5, 0.6) is 0 Å². The van der Waals surface area contributed by atoms with Crippen LogP contribution in [0.3, 0.4) is 0 Å². The van der Waals surface area contributed by atoms with Crippen molar-refractivity contribution in [3.05, 3.63) is 24.2 Å². The van der Waals surface area contributed by atoms with Gasteiger partial charge in [0.15, 0.2) is 0 Å². The summed E-state index contributed by atoms with van der Waals surface area (Å²) in [5.74, 6) is 1.81. The van der Waals surface area contributed by atoms with Crippen molar-refractivity contribution < 1.29 is 14.0 Å². The second kappa shape index (κ2) is 7.93. The molecule has 6 nitrogen and oxygen atoms in total. The number of nitrogens with zero attached hydrogens (tertiary/aromatic N) is 2. The fourth-order valence-electron chi connectivity index (χ4n) is 3.74. The summed E-state index contributed by atoms with van der Waals surface area (Å²) in [4.78, 5) is 28.9. The summed E-state index contributed by atoms with van der Waals surface area (Å²) in [6.07, 6.45) is 4.40. The van der Waals surface area contributed by atoms with Gasteiger partial charge in [0.25, 0.3) is 0 Å². The fraction of sp³-hybridized carbons (Fsp3) is 0.684. The minimum Gasteiger partial charge on any atom is -0.469 e. The molecule has 2 saturated heterocycles. The molecule has 2 aliphatic heterocycles. The number of furan rings is 1. The SMILES string of the molecule is CC(C)CNC(=O)N1CCC[C@H](C(=O)N2CC[C@@H](c3ccco3)C2)C1. The van der Waals surface area contributed by atoms with Crippen molar-refractivity contribution in [2.75, 3.05) is 32.7 Å². The minimum atomic E-state index is -0.0751. The molecule has 0 radical (unpaired) electrons. The number of hydrogen-bond acceptors (Lipinski definition) is 3. The van der Waals surface area contributed by atoms with Gasteiger partial charge < -0.3 is 19.5 Å². The molecule has 2 atom stereocenters. The zero-order valence-electron chi connectivity index (χ0n) is 15.2. The number of hydrogen-bond donors (Lipinski definition) is 1. The molecule has 0 aromatic carbocycles. The zero-order chi connectivity index (χ0) is 17.8. The Bertz CT molecular complexity index is 585. The zero-order valence-corrected chi connectivity index (χ0v) is 15.2. The maximum absolute atomic E-state index is 12.9. The summed E-state index contributed by atoms with van der Waals surface area (Å²) < 4.78 is 5.49. The van der Waals surface area contributed by atoms with Crippen LogP contribution in [-0.4, -0.2) is 54.5 Å². The molecule has 2 fully saturated rings. The molecule has 1 aromatic rings. The van der Waals surface area contributed by atoms with Gasteiger partial charge in [-0.25, -0.2) is 4.79 Å². The first-order chi connectivity index (χ1) is 12.0. The van der Waals surface area contributed by atoms with Gasteiger partial charge in [-0.3, -0.25) is 4.79 Å². The number of piperidine rings is 1. The van der Waals surface area contributed by atoms with Gasteiger partial charge in [0.1, 0.15) is 5.76 Å². The molecule has 0 bridgehead atoms. The molecular weight excluding hydrogens is 318 g/mol. The van der Waals surface area contributed by atoms with Crippen molar-refractivity contribution in [3.63, 3.8) is 0 Å². The Morgan fingerprint density at radius 2 is 2.08 bits per heavy atom. The minimum absolute atomic E-state index is 0.0407. The van der Waals surface area contributed by atoms with E-state index in [1.807, 2.05) is 17.0 Å². The average Bonchev–Trinajstić information content (AvgIpc) is 3.30. The summed E-state index contributed by atoms with van der Waals surface area (Å²) in [6, 6.07) is 3.84. The van der Waals surface area contributed by atoms with E-state index in [9.17, 15) is 9.59 Å². The average molecular weight is 347 g/mol. The van der Waals surface area contributed by atoms with Crippen molar-refractivity contribution in [2.24, 2.45) is 11.8 Å². The van der Waals surface area contributed by atoms with Gasteiger partial charge in [0.2, 0.25) is 5.91 Å². The molecule has 0 saturated carbocycles. The van der Waals surface area contributed by atoms with Crippen LogP contribution in [-0.2, 0) is 4.79 Å². The molecule has 0 spiro atoms. The first kappa shape index (κ1) is 17.8. The third-order valence-corrected chi connectivity index (χ3v) is 5.16. The van der Waals surface area contributed by atoms with Crippen molar-refractivity contribution >= 4 is 11.9 Å². The Kier molecular flexibility index (Phi) is 5.66. The van der Waals surface area contributed by atoms with Crippen LogP contribution in [0.4, 0.5) is 4.79 Å². The van der Waals surface area contributed by atoms with E-state index in [0.717, 1.165) is 44.7 Å². The fourth-order valence-corrected chi connectivity index (χ4v) is 3.74. The van der Waals surface area contributed by atoms with Crippen LogP contribution in [0.1, 0.15) is 44.8 Å². The molecule has 0 unspecified atom stereocenters. The largest absolute Gasteiger partial charge is 0.469 e. The van der Waals surface area contributed by atoms with Gasteiger partial charge in [-0.15, -0.1) is 0 Å². The highest BCUT2D eigenvalue weighted by molar-refractivity contribution is 5.81. The van der Waals surface area contributed by atoms with Crippen LogP contribution in [0.25, 0.3) is 0 Å². The predicted octanol–water partition coefficient (Wildman–Crippen LogP) is 2.67. The lowest BCUT2D eigenvalue weighted by molar-refractivity contribution is -0.135. The number of carbonyl (C=O) groups is 2. The number of urea groups is 1. The van der Waals surface area contributed by atoms with Gasteiger partial charge in [-0.2, -0.15) is 0 Å². The van der Waals surface area contributed by atoms with Gasteiger partial charge in [0, 0.05) is 38.6 Å². The van der Waals surface area contributed by atoms with Gasteiger partial charge in [-0.05, 0) is 37.3 Å². The highest BCUT2D eigenvalue weighted by Gasteiger charge is 2.35. The third-order valence-electron chi connectivity index (χ3n) is 5.16. The molecule has 6 heteroatoms. The van der Waals surface area contributed by atoms with E-state index in [1.54, 1.807) is 11.2 Å². The van der Waals surface area contributed by atoms with Crippen LogP contribution in [0, 0.1) is 11.8 Å². The molecule has 1 aromatic heterocycles. The summed E-state index contributed by atoms with van der Waals surface area (Å²) in [5, 5.41) is 2.96. The number of likely N-dealkylation sites (tertiary alicyclic amines) is 2. The quantitative estimate of drug-likeness (QED) is 0.911. The Morgan fingerprint density at radius 3 is 2.80 bits per heavy atom. The van der Waals surface area contributed by atoms with Crippen LogP contribution < -0.4 is 5.32 Å². The summed E-state index contributed by atoms with van der Waals surface area (Å²) in [6.45, 7) is 7.60. The molecule has 2 aliphatic rings. The Hall–Kier alpha value is -1.98. The predicted molar refractivity (Wildman–Crippen MR) is 95.2 cm³/mol. The lowest BCUT2D eigenvalue weighted by Gasteiger charge is -2.34. The lowest BCUT2D eigenvalue weighted by Crippen LogP contribution is -2.49. The van der Waals surface area contributed by atoms with Gasteiger partial charge >= 0.3 is 6.03 Å². The van der Waals surface area contributed by atoms with E-state index >= 15 is 0 Å². The highest BCUT2D eigenvalue weighted by Crippen LogP contribution is 2.29. The molecule has 3 amide bonds. The monoisotopic (exact) mass is 347 g/mol. The van der Waals surface area contributed by atoms with E-state index in [1.165, 1.54) is 0 Å². The number of amides is 3. The Morgan fingerprint density at radius 1 is 1.24 bits per heavy atom. The van der Waals surface area contributed by atoms with Crippen molar-refractivity contribution in [2.45, 2.75) is 39.0 Å². The molecule has 1 N–H and O–H groups in total. The van der Waals surface area contributed by atoms with Gasteiger partial charge in [-0.1, -0.05) is 13.8 Å². The molecule has 0 aliphatic carbocycles. The Labute approximate surface area is 149 Å². The maximum Gasteiger partial charge on any atom is 0.317 e. The second-order valence-electron chi connectivity index (χ2n) is 7.65. The van der Waals surface area contributed by atoms with Crippen LogP contribution in [0.15, 0.2) is 22.8 Å². The van der Waals surface area contributed by atoms with Crippen molar-refractivity contribution in [1.82, 2.24) is 15.1 Å². The smallest absolute Gasteiger partial charge is 0.317 e. The van der Waals surface area contributed by atoms with Crippen LogP contribution in [0.2, 0.25) is 0 Å². The maximum atomic E-state index is 12.9. The topological polar surface area (TPSA) is 65.8 Å². The van der Waals surface area contributed by atoms with Crippen molar-refractivity contribution in [3.8, 4) is 0 Å². The third kappa shape index (κ3) is 4.35. The first-order valence-corrected chi connectivity index (χ1v) is 9.39. The van der Waals surface area contributed by atoms with E-state index in [-0.39, 0.29) is 17.9 Å². The summed E-state index contributed by atoms with van der Waals surface area (Å²) >= 11 is 0. The molecule has 3 rings (SSSR count). The number of rotatable bonds is 4. The highest BCUT2D eigenvalue weighted by atomic mass is 16.3. The van der Waals surface area contributed by atoms with Crippen molar-refractivity contribution in [1.29, 1.82) is 0 Å². The Balaban J connectivity index is 1.53. The summed E-state index contributed by atoms with van der Waals surface area (Å²) in [5.41, 5.74) is 0. The van der Waals surface area contributed by atoms with E-state index in [4.69, 9.17) is 4.42 Å². The molecular formula is C19H29N3O3. The normalized spacial score (nSPS) is 24.0. The lowest BCUT2D eigenvalue weighted by atomic mass is 9.96. The molecule has 3 heterocycles. The molecule has 138 valence electrons. The second-order valence-corrected chi connectivity index (χ2v) is 7.65. The van der Waals surface area contributed by atoms with Gasteiger partial charge in [0.05, 0.1) is 12.2 Å². The van der Waals surface area contributed by atoms with Crippen LogP contribution >= 0.6 is 0 Å².